The lowest BCUT2D eigenvalue weighted by atomic mass is 9.94. The maximum Gasteiger partial charge on any atom is 0.267 e. The summed E-state index contributed by atoms with van der Waals surface area (Å²) in [7, 11) is 5.62. The summed E-state index contributed by atoms with van der Waals surface area (Å²) in [6.07, 6.45) is 0.386. The third-order valence-electron chi connectivity index (χ3n) is 5.02. The number of amides is 1. The zero-order valence-corrected chi connectivity index (χ0v) is 16.8. The van der Waals surface area contributed by atoms with E-state index in [-0.39, 0.29) is 11.9 Å². The molecular formula is C22H27N3O3. The Morgan fingerprint density at radius 1 is 1.21 bits per heavy atom. The zero-order chi connectivity index (χ0) is 20.1. The predicted octanol–water partition coefficient (Wildman–Crippen LogP) is 3.00. The van der Waals surface area contributed by atoms with Gasteiger partial charge in [-0.3, -0.25) is 4.79 Å². The van der Waals surface area contributed by atoms with Gasteiger partial charge >= 0.3 is 0 Å². The van der Waals surface area contributed by atoms with Crippen LogP contribution < -0.4 is 10.1 Å². The first kappa shape index (κ1) is 19.9. The molecule has 28 heavy (non-hydrogen) atoms. The minimum Gasteiger partial charge on any atom is -0.496 e. The SMILES string of the molecule is COc1ccccc1C1=NO[C@](C)(C(=O)NC[C@H](c2ccccc2)N(C)C)C1. The normalized spacial score (nSPS) is 19.7. The van der Waals surface area contributed by atoms with Crippen molar-refractivity contribution in [1.29, 1.82) is 0 Å². The molecular weight excluding hydrogens is 354 g/mol. The van der Waals surface area contributed by atoms with E-state index in [1.165, 1.54) is 0 Å². The number of hydrogen-bond donors (Lipinski definition) is 1. The average Bonchev–Trinajstić information content (AvgIpc) is 3.12. The molecule has 0 bridgehead atoms. The smallest absolute Gasteiger partial charge is 0.267 e. The van der Waals surface area contributed by atoms with Crippen LogP contribution >= 0.6 is 0 Å². The van der Waals surface area contributed by atoms with Crippen LogP contribution in [-0.4, -0.2) is 49.9 Å². The Balaban J connectivity index is 1.66. The van der Waals surface area contributed by atoms with Crippen molar-refractivity contribution in [3.63, 3.8) is 0 Å². The molecule has 2 aromatic carbocycles. The van der Waals surface area contributed by atoms with Gasteiger partial charge in [0, 0.05) is 18.5 Å². The van der Waals surface area contributed by atoms with Crippen molar-refractivity contribution in [2.45, 2.75) is 25.0 Å². The molecule has 0 aliphatic carbocycles. The van der Waals surface area contributed by atoms with E-state index >= 15 is 0 Å². The summed E-state index contributed by atoms with van der Waals surface area (Å²) >= 11 is 0. The van der Waals surface area contributed by atoms with E-state index in [0.717, 1.165) is 11.1 Å². The van der Waals surface area contributed by atoms with Crippen LogP contribution in [0.25, 0.3) is 0 Å². The van der Waals surface area contributed by atoms with Crippen LogP contribution in [0.3, 0.4) is 0 Å². The van der Waals surface area contributed by atoms with Crippen LogP contribution in [0.4, 0.5) is 0 Å². The molecule has 6 nitrogen and oxygen atoms in total. The van der Waals surface area contributed by atoms with Crippen LogP contribution in [0.5, 0.6) is 5.75 Å². The molecule has 1 aliphatic rings. The van der Waals surface area contributed by atoms with Gasteiger partial charge in [-0.25, -0.2) is 0 Å². The number of ether oxygens (including phenoxy) is 1. The van der Waals surface area contributed by atoms with Crippen LogP contribution in [0.15, 0.2) is 59.8 Å². The minimum absolute atomic E-state index is 0.0739. The highest BCUT2D eigenvalue weighted by atomic mass is 16.7. The molecule has 0 unspecified atom stereocenters. The number of methoxy groups -OCH3 is 1. The van der Waals surface area contributed by atoms with Gasteiger partial charge in [0.25, 0.3) is 5.91 Å². The molecule has 0 saturated heterocycles. The lowest BCUT2D eigenvalue weighted by Crippen LogP contribution is -2.47. The Hall–Kier alpha value is -2.86. The number of hydrogen-bond acceptors (Lipinski definition) is 5. The topological polar surface area (TPSA) is 63.2 Å². The van der Waals surface area contributed by atoms with Crippen molar-refractivity contribution < 1.29 is 14.4 Å². The standard InChI is InChI=1S/C22H27N3O3/c1-22(14-18(24-28-22)17-12-8-9-13-20(17)27-4)21(26)23-15-19(25(2)3)16-10-6-5-7-11-16/h5-13,19H,14-15H2,1-4H3,(H,23,26)/t19-,22+/m1/s1. The van der Waals surface area contributed by atoms with E-state index in [4.69, 9.17) is 9.57 Å². The van der Waals surface area contributed by atoms with Crippen molar-refractivity contribution in [2.24, 2.45) is 5.16 Å². The van der Waals surface area contributed by atoms with Gasteiger partial charge in [-0.2, -0.15) is 0 Å². The van der Waals surface area contributed by atoms with E-state index in [0.29, 0.717) is 24.4 Å². The molecule has 0 aromatic heterocycles. The number of benzene rings is 2. The summed E-state index contributed by atoms with van der Waals surface area (Å²) in [5.41, 5.74) is 1.67. The Labute approximate surface area is 166 Å². The van der Waals surface area contributed by atoms with Crippen LogP contribution in [0.2, 0.25) is 0 Å². The largest absolute Gasteiger partial charge is 0.496 e. The van der Waals surface area contributed by atoms with Gasteiger partial charge in [0.05, 0.1) is 18.9 Å². The lowest BCUT2D eigenvalue weighted by Gasteiger charge is -2.27. The van der Waals surface area contributed by atoms with Crippen molar-refractivity contribution in [3.05, 3.63) is 65.7 Å². The fourth-order valence-electron chi connectivity index (χ4n) is 3.34. The van der Waals surface area contributed by atoms with E-state index in [1.54, 1.807) is 14.0 Å². The number of para-hydroxylation sites is 1. The van der Waals surface area contributed by atoms with Gasteiger partial charge in [0.1, 0.15) is 5.75 Å². The van der Waals surface area contributed by atoms with Crippen LogP contribution in [-0.2, 0) is 9.63 Å². The number of rotatable bonds is 7. The Kier molecular flexibility index (Phi) is 5.99. The van der Waals surface area contributed by atoms with Gasteiger partial charge in [0.2, 0.25) is 5.60 Å². The highest BCUT2D eigenvalue weighted by Gasteiger charge is 2.42. The van der Waals surface area contributed by atoms with Gasteiger partial charge in [-0.15, -0.1) is 0 Å². The second-order valence-electron chi connectivity index (χ2n) is 7.34. The second-order valence-corrected chi connectivity index (χ2v) is 7.34. The van der Waals surface area contributed by atoms with Crippen molar-refractivity contribution in [2.75, 3.05) is 27.7 Å². The van der Waals surface area contributed by atoms with Crippen LogP contribution in [0.1, 0.15) is 30.5 Å². The quantitative estimate of drug-likeness (QED) is 0.801. The molecule has 1 heterocycles. The first-order chi connectivity index (χ1) is 13.4. The summed E-state index contributed by atoms with van der Waals surface area (Å²) in [6.45, 7) is 2.25. The second kappa shape index (κ2) is 8.44. The zero-order valence-electron chi connectivity index (χ0n) is 16.8. The van der Waals surface area contributed by atoms with Crippen molar-refractivity contribution in [1.82, 2.24) is 10.2 Å². The summed E-state index contributed by atoms with van der Waals surface area (Å²) in [6, 6.07) is 17.8. The van der Waals surface area contributed by atoms with E-state index in [2.05, 4.69) is 27.5 Å². The minimum atomic E-state index is -1.04. The summed E-state index contributed by atoms with van der Waals surface area (Å²) in [4.78, 5) is 20.6. The molecule has 2 atom stereocenters. The van der Waals surface area contributed by atoms with E-state index in [9.17, 15) is 4.79 Å². The Morgan fingerprint density at radius 2 is 1.89 bits per heavy atom. The first-order valence-electron chi connectivity index (χ1n) is 9.33. The third-order valence-corrected chi connectivity index (χ3v) is 5.02. The number of nitrogens with zero attached hydrogens (tertiary/aromatic N) is 2. The number of oxime groups is 1. The molecule has 6 heteroatoms. The molecule has 1 N–H and O–H groups in total. The van der Waals surface area contributed by atoms with Gasteiger partial charge in [-0.05, 0) is 38.7 Å². The maximum absolute atomic E-state index is 12.9. The monoisotopic (exact) mass is 381 g/mol. The van der Waals surface area contributed by atoms with Crippen molar-refractivity contribution in [3.8, 4) is 5.75 Å². The third kappa shape index (κ3) is 4.17. The molecule has 148 valence electrons. The summed E-state index contributed by atoms with van der Waals surface area (Å²) < 4.78 is 5.40. The maximum atomic E-state index is 12.9. The van der Waals surface area contributed by atoms with Crippen LogP contribution in [0, 0.1) is 0 Å². The van der Waals surface area contributed by atoms with Crippen molar-refractivity contribution >= 4 is 11.6 Å². The number of carbonyl (C=O) groups is 1. The Bertz CT molecular complexity index is 851. The number of carbonyl (C=O) groups excluding carboxylic acids is 1. The molecule has 0 radical (unpaired) electrons. The van der Waals surface area contributed by atoms with Gasteiger partial charge in [0.15, 0.2) is 0 Å². The number of nitrogens with one attached hydrogen (secondary N) is 1. The molecule has 1 amide bonds. The summed E-state index contributed by atoms with van der Waals surface area (Å²) in [5, 5.41) is 7.21. The first-order valence-corrected chi connectivity index (χ1v) is 9.33. The molecule has 2 aromatic rings. The molecule has 0 fully saturated rings. The molecule has 1 aliphatic heterocycles. The highest BCUT2D eigenvalue weighted by Crippen LogP contribution is 2.30. The van der Waals surface area contributed by atoms with E-state index in [1.807, 2.05) is 56.6 Å². The lowest BCUT2D eigenvalue weighted by molar-refractivity contribution is -0.141. The average molecular weight is 381 g/mol. The highest BCUT2D eigenvalue weighted by molar-refractivity contribution is 6.07. The molecule has 0 spiro atoms. The Morgan fingerprint density at radius 3 is 2.57 bits per heavy atom. The van der Waals surface area contributed by atoms with Gasteiger partial charge in [-0.1, -0.05) is 47.6 Å². The summed E-state index contributed by atoms with van der Waals surface area (Å²) in [5.74, 6) is 0.537. The fraction of sp³-hybridized carbons (Fsp3) is 0.364. The van der Waals surface area contributed by atoms with E-state index < -0.39 is 5.60 Å². The predicted molar refractivity (Wildman–Crippen MR) is 110 cm³/mol. The van der Waals surface area contributed by atoms with Gasteiger partial charge < -0.3 is 19.8 Å². The number of likely N-dealkylation sites (N-methyl/N-ethyl adjacent to an activating group) is 1. The fourth-order valence-corrected chi connectivity index (χ4v) is 3.34. The molecule has 0 saturated carbocycles. The molecule has 3 rings (SSSR count).